The molecule has 0 aliphatic rings. The Morgan fingerprint density at radius 3 is 2.83 bits per heavy atom. The smallest absolute Gasteiger partial charge is 0.326 e. The summed E-state index contributed by atoms with van der Waals surface area (Å²) in [6, 6.07) is 1.87. The number of nitrogens with zero attached hydrogens (tertiary/aromatic N) is 1. The molecule has 0 aliphatic heterocycles. The van der Waals surface area contributed by atoms with E-state index in [0.717, 1.165) is 0 Å². The van der Waals surface area contributed by atoms with E-state index in [4.69, 9.17) is 14.9 Å². The van der Waals surface area contributed by atoms with E-state index < -0.39 is 17.9 Å². The molecule has 1 aromatic rings. The zero-order valence-electron chi connectivity index (χ0n) is 9.79. The Labute approximate surface area is 103 Å². The number of hydrogen-bond donors (Lipinski definition) is 3. The summed E-state index contributed by atoms with van der Waals surface area (Å²) in [5.74, 6) is -1.70. The molecule has 3 N–H and O–H groups in total. The molecule has 0 fully saturated rings. The lowest BCUT2D eigenvalue weighted by atomic mass is 10.2. The largest absolute Gasteiger partial charge is 0.480 e. The SMILES string of the molecule is COc1ncccc1C(=O)NC(CCO)C(=O)O. The van der Waals surface area contributed by atoms with Gasteiger partial charge in [-0.25, -0.2) is 9.78 Å². The minimum Gasteiger partial charge on any atom is -0.480 e. The lowest BCUT2D eigenvalue weighted by Crippen LogP contribution is -2.41. The molecule has 1 unspecified atom stereocenters. The van der Waals surface area contributed by atoms with Crippen molar-refractivity contribution in [1.29, 1.82) is 0 Å². The maximum Gasteiger partial charge on any atom is 0.326 e. The van der Waals surface area contributed by atoms with Gasteiger partial charge in [-0.15, -0.1) is 0 Å². The van der Waals surface area contributed by atoms with Crippen LogP contribution in [0.15, 0.2) is 18.3 Å². The highest BCUT2D eigenvalue weighted by atomic mass is 16.5. The first-order valence-electron chi connectivity index (χ1n) is 5.23. The quantitative estimate of drug-likeness (QED) is 0.640. The lowest BCUT2D eigenvalue weighted by Gasteiger charge is -2.14. The monoisotopic (exact) mass is 254 g/mol. The van der Waals surface area contributed by atoms with Gasteiger partial charge in [0.15, 0.2) is 0 Å². The molecule has 1 atom stereocenters. The summed E-state index contributed by atoms with van der Waals surface area (Å²) < 4.78 is 4.90. The molecular formula is C11H14N2O5. The summed E-state index contributed by atoms with van der Waals surface area (Å²) >= 11 is 0. The fraction of sp³-hybridized carbons (Fsp3) is 0.364. The molecule has 7 nitrogen and oxygen atoms in total. The minimum absolute atomic E-state index is 0.0658. The van der Waals surface area contributed by atoms with Crippen LogP contribution in [0.4, 0.5) is 0 Å². The summed E-state index contributed by atoms with van der Waals surface area (Å²) in [4.78, 5) is 26.5. The number of aliphatic hydroxyl groups is 1. The van der Waals surface area contributed by atoms with E-state index in [1.165, 1.54) is 19.4 Å². The Morgan fingerprint density at radius 2 is 2.28 bits per heavy atom. The number of carboxylic acid groups (broad SMARTS) is 1. The Balaban J connectivity index is 2.83. The van der Waals surface area contributed by atoms with Crippen LogP contribution in [0.3, 0.4) is 0 Å². The second-order valence-electron chi connectivity index (χ2n) is 3.44. The number of methoxy groups -OCH3 is 1. The van der Waals surface area contributed by atoms with Crippen molar-refractivity contribution in [3.8, 4) is 5.88 Å². The van der Waals surface area contributed by atoms with Crippen LogP contribution in [0.1, 0.15) is 16.8 Å². The number of aliphatic hydroxyl groups excluding tert-OH is 1. The zero-order chi connectivity index (χ0) is 13.5. The van der Waals surface area contributed by atoms with E-state index in [2.05, 4.69) is 10.3 Å². The number of carbonyl (C=O) groups is 2. The Bertz CT molecular complexity index is 435. The van der Waals surface area contributed by atoms with Gasteiger partial charge < -0.3 is 20.3 Å². The molecule has 0 aliphatic carbocycles. The lowest BCUT2D eigenvalue weighted by molar-refractivity contribution is -0.139. The highest BCUT2D eigenvalue weighted by Crippen LogP contribution is 2.13. The number of pyridine rings is 1. The molecular weight excluding hydrogens is 240 g/mol. The van der Waals surface area contributed by atoms with Gasteiger partial charge in [0.25, 0.3) is 5.91 Å². The molecule has 1 amide bonds. The predicted octanol–water partition coefficient (Wildman–Crippen LogP) is -0.344. The summed E-state index contributed by atoms with van der Waals surface area (Å²) in [5, 5.41) is 19.9. The highest BCUT2D eigenvalue weighted by molar-refractivity contribution is 5.98. The molecule has 1 rings (SSSR count). The van der Waals surface area contributed by atoms with E-state index in [0.29, 0.717) is 0 Å². The van der Waals surface area contributed by atoms with Crippen LogP contribution in [-0.2, 0) is 4.79 Å². The third-order valence-corrected chi connectivity index (χ3v) is 2.23. The number of nitrogens with one attached hydrogen (secondary N) is 1. The Morgan fingerprint density at radius 1 is 1.56 bits per heavy atom. The normalized spacial score (nSPS) is 11.7. The van der Waals surface area contributed by atoms with Gasteiger partial charge in [-0.05, 0) is 12.1 Å². The minimum atomic E-state index is -1.21. The summed E-state index contributed by atoms with van der Waals surface area (Å²) in [7, 11) is 1.36. The molecule has 98 valence electrons. The average Bonchev–Trinajstić information content (AvgIpc) is 2.37. The van der Waals surface area contributed by atoms with Crippen LogP contribution in [0.2, 0.25) is 0 Å². The van der Waals surface area contributed by atoms with Gasteiger partial charge in [-0.3, -0.25) is 4.79 Å². The third-order valence-electron chi connectivity index (χ3n) is 2.23. The fourth-order valence-electron chi connectivity index (χ4n) is 1.35. The van der Waals surface area contributed by atoms with Crippen molar-refractivity contribution in [3.05, 3.63) is 23.9 Å². The van der Waals surface area contributed by atoms with Crippen molar-refractivity contribution in [2.45, 2.75) is 12.5 Å². The van der Waals surface area contributed by atoms with Crippen LogP contribution in [0.5, 0.6) is 5.88 Å². The van der Waals surface area contributed by atoms with Gasteiger partial charge in [0.1, 0.15) is 11.6 Å². The first-order valence-corrected chi connectivity index (χ1v) is 5.23. The number of carboxylic acids is 1. The number of ether oxygens (including phenoxy) is 1. The van der Waals surface area contributed by atoms with Crippen molar-refractivity contribution in [2.75, 3.05) is 13.7 Å². The molecule has 0 aromatic carbocycles. The number of aliphatic carboxylic acids is 1. The molecule has 1 aromatic heterocycles. The molecule has 18 heavy (non-hydrogen) atoms. The van der Waals surface area contributed by atoms with Crippen LogP contribution in [0.25, 0.3) is 0 Å². The van der Waals surface area contributed by atoms with Gasteiger partial charge in [0, 0.05) is 19.2 Å². The Kier molecular flexibility index (Phi) is 5.06. The van der Waals surface area contributed by atoms with Gasteiger partial charge >= 0.3 is 5.97 Å². The van der Waals surface area contributed by atoms with Crippen molar-refractivity contribution in [3.63, 3.8) is 0 Å². The maximum absolute atomic E-state index is 11.8. The van der Waals surface area contributed by atoms with Gasteiger partial charge in [0.2, 0.25) is 5.88 Å². The fourth-order valence-corrected chi connectivity index (χ4v) is 1.35. The molecule has 0 saturated carbocycles. The van der Waals surface area contributed by atoms with Crippen molar-refractivity contribution in [2.24, 2.45) is 0 Å². The van der Waals surface area contributed by atoms with E-state index in [9.17, 15) is 9.59 Å². The van der Waals surface area contributed by atoms with E-state index in [1.807, 2.05) is 0 Å². The number of aromatic nitrogens is 1. The van der Waals surface area contributed by atoms with Crippen molar-refractivity contribution >= 4 is 11.9 Å². The van der Waals surface area contributed by atoms with Crippen molar-refractivity contribution < 1.29 is 24.5 Å². The topological polar surface area (TPSA) is 109 Å². The number of amides is 1. The van der Waals surface area contributed by atoms with Gasteiger partial charge in [-0.1, -0.05) is 0 Å². The standard InChI is InChI=1S/C11H14N2O5/c1-18-10-7(3-2-5-12-10)9(15)13-8(4-6-14)11(16)17/h2-3,5,8,14H,4,6H2,1H3,(H,13,15)(H,16,17). The first-order chi connectivity index (χ1) is 8.60. The van der Waals surface area contributed by atoms with Gasteiger partial charge in [0.05, 0.1) is 7.11 Å². The van der Waals surface area contributed by atoms with Gasteiger partial charge in [-0.2, -0.15) is 0 Å². The van der Waals surface area contributed by atoms with E-state index >= 15 is 0 Å². The predicted molar refractivity (Wildman–Crippen MR) is 61.4 cm³/mol. The molecule has 0 spiro atoms. The van der Waals surface area contributed by atoms with Crippen LogP contribution in [0, 0.1) is 0 Å². The van der Waals surface area contributed by atoms with Crippen molar-refractivity contribution in [1.82, 2.24) is 10.3 Å². The zero-order valence-corrected chi connectivity index (χ0v) is 9.79. The van der Waals surface area contributed by atoms with E-state index in [-0.39, 0.29) is 24.5 Å². The van der Waals surface area contributed by atoms with Crippen LogP contribution in [-0.4, -0.2) is 46.8 Å². The molecule has 0 bridgehead atoms. The number of hydrogen-bond acceptors (Lipinski definition) is 5. The maximum atomic E-state index is 11.8. The number of carbonyl (C=O) groups excluding carboxylic acids is 1. The second kappa shape index (κ2) is 6.55. The number of rotatable bonds is 6. The molecule has 0 radical (unpaired) electrons. The highest BCUT2D eigenvalue weighted by Gasteiger charge is 2.22. The average molecular weight is 254 g/mol. The summed E-state index contributed by atoms with van der Waals surface area (Å²) in [6.45, 7) is -0.332. The second-order valence-corrected chi connectivity index (χ2v) is 3.44. The summed E-state index contributed by atoms with van der Waals surface area (Å²) in [6.07, 6.45) is 1.39. The van der Waals surface area contributed by atoms with Crippen LogP contribution < -0.4 is 10.1 Å². The first kappa shape index (κ1) is 13.9. The molecule has 7 heteroatoms. The van der Waals surface area contributed by atoms with E-state index in [1.54, 1.807) is 6.07 Å². The summed E-state index contributed by atoms with van der Waals surface area (Å²) in [5.41, 5.74) is 0.143. The molecule has 0 saturated heterocycles. The third kappa shape index (κ3) is 3.42. The molecule has 1 heterocycles. The van der Waals surface area contributed by atoms with Crippen LogP contribution >= 0.6 is 0 Å². The Hall–Kier alpha value is -2.15.